The fourth-order valence-electron chi connectivity index (χ4n) is 5.96. The number of carbonyl (C=O) groups excluding carboxylic acids is 3. The van der Waals surface area contributed by atoms with Crippen LogP contribution < -0.4 is 15.4 Å². The first-order valence-corrected chi connectivity index (χ1v) is 13.4. The molecule has 1 aromatic rings. The molecule has 0 aliphatic carbocycles. The summed E-state index contributed by atoms with van der Waals surface area (Å²) >= 11 is 1.63. The number of hydrogen-bond acceptors (Lipinski definition) is 6. The van der Waals surface area contributed by atoms with Gasteiger partial charge in [-0.15, -0.1) is 11.8 Å². The zero-order valence-electron chi connectivity index (χ0n) is 21.2. The molecule has 0 radical (unpaired) electrons. The van der Waals surface area contributed by atoms with Gasteiger partial charge >= 0.3 is 0 Å². The lowest BCUT2D eigenvalue weighted by atomic mass is 9.70. The van der Waals surface area contributed by atoms with Gasteiger partial charge in [-0.05, 0) is 71.2 Å². The van der Waals surface area contributed by atoms with E-state index in [0.29, 0.717) is 25.1 Å². The molecule has 1 spiro atoms. The van der Waals surface area contributed by atoms with Crippen LogP contribution in [0, 0.1) is 11.8 Å². The van der Waals surface area contributed by atoms with Crippen LogP contribution in [0.25, 0.3) is 0 Å². The second-order valence-electron chi connectivity index (χ2n) is 10.7. The average molecular weight is 504 g/mol. The number of hydrogen-bond donors (Lipinski definition) is 3. The van der Waals surface area contributed by atoms with Crippen molar-refractivity contribution in [3.05, 3.63) is 24.3 Å². The number of benzene rings is 1. The molecule has 3 N–H and O–H groups in total. The van der Waals surface area contributed by atoms with Gasteiger partial charge in [-0.1, -0.05) is 6.92 Å². The largest absolute Gasteiger partial charge is 0.494 e. The first-order valence-electron chi connectivity index (χ1n) is 12.5. The standard InChI is InChI=1S/C26H37N3O5S/c1-6-16(14-30)29-21(23(32)28-25(3,4)5)26-13-12-18(35-26)19(20(26)24(29)33)22(31)27-15-8-10-17(11-9-15)34-7-2/h8-11,16,18-21,30H,6-7,12-14H2,1-5H3,(H,27,31)(H,28,32)/t16-,18-,19+,20-,21?,26?/m0/s1. The molecule has 9 heteroatoms. The van der Waals surface area contributed by atoms with E-state index in [1.165, 1.54) is 0 Å². The van der Waals surface area contributed by atoms with E-state index in [0.717, 1.165) is 12.2 Å². The highest BCUT2D eigenvalue weighted by Crippen LogP contribution is 2.66. The van der Waals surface area contributed by atoms with Crippen molar-refractivity contribution >= 4 is 35.2 Å². The lowest BCUT2D eigenvalue weighted by molar-refractivity contribution is -0.142. The number of thioether (sulfide) groups is 1. The van der Waals surface area contributed by atoms with E-state index in [1.54, 1.807) is 40.9 Å². The summed E-state index contributed by atoms with van der Waals surface area (Å²) in [5.41, 5.74) is 0.180. The molecule has 4 rings (SSSR count). The van der Waals surface area contributed by atoms with Gasteiger partial charge in [0.2, 0.25) is 17.7 Å². The lowest BCUT2D eigenvalue weighted by Gasteiger charge is -2.38. The zero-order valence-corrected chi connectivity index (χ0v) is 22.0. The molecular formula is C26H37N3O5S. The number of aliphatic hydroxyl groups excluding tert-OH is 1. The van der Waals surface area contributed by atoms with Gasteiger partial charge in [0.15, 0.2) is 0 Å². The summed E-state index contributed by atoms with van der Waals surface area (Å²) in [5.74, 6) is -0.990. The Morgan fingerprint density at radius 3 is 2.49 bits per heavy atom. The Kier molecular flexibility index (Phi) is 7.12. The Morgan fingerprint density at radius 1 is 1.23 bits per heavy atom. The third kappa shape index (κ3) is 4.53. The van der Waals surface area contributed by atoms with Crippen molar-refractivity contribution in [1.82, 2.24) is 10.2 Å². The smallest absolute Gasteiger partial charge is 0.244 e. The van der Waals surface area contributed by atoms with Crippen LogP contribution in [-0.2, 0) is 14.4 Å². The number of amides is 3. The molecule has 3 fully saturated rings. The van der Waals surface area contributed by atoms with Crippen LogP contribution in [0.2, 0.25) is 0 Å². The summed E-state index contributed by atoms with van der Waals surface area (Å²) in [6.07, 6.45) is 2.01. The van der Waals surface area contributed by atoms with Crippen molar-refractivity contribution in [2.45, 2.75) is 81.5 Å². The van der Waals surface area contributed by atoms with E-state index in [-0.39, 0.29) is 29.6 Å². The van der Waals surface area contributed by atoms with Gasteiger partial charge in [0.1, 0.15) is 11.8 Å². The molecule has 3 amide bonds. The van der Waals surface area contributed by atoms with E-state index in [9.17, 15) is 19.5 Å². The van der Waals surface area contributed by atoms with Crippen LogP contribution in [0.4, 0.5) is 5.69 Å². The normalized spacial score (nSPS) is 30.2. The molecule has 8 nitrogen and oxygen atoms in total. The summed E-state index contributed by atoms with van der Waals surface area (Å²) in [4.78, 5) is 42.7. The highest BCUT2D eigenvalue weighted by atomic mass is 32.2. The number of likely N-dealkylation sites (tertiary alicyclic amines) is 1. The van der Waals surface area contributed by atoms with Gasteiger partial charge in [0, 0.05) is 16.5 Å². The number of anilines is 1. The monoisotopic (exact) mass is 503 g/mol. The van der Waals surface area contributed by atoms with Crippen LogP contribution in [0.1, 0.15) is 53.9 Å². The molecule has 1 aromatic carbocycles. The van der Waals surface area contributed by atoms with Crippen molar-refractivity contribution in [3.63, 3.8) is 0 Å². The average Bonchev–Trinajstić information content (AvgIpc) is 3.43. The van der Waals surface area contributed by atoms with E-state index in [2.05, 4.69) is 10.6 Å². The maximum Gasteiger partial charge on any atom is 0.244 e. The molecule has 3 heterocycles. The molecular weight excluding hydrogens is 466 g/mol. The van der Waals surface area contributed by atoms with Crippen molar-refractivity contribution in [1.29, 1.82) is 0 Å². The van der Waals surface area contributed by atoms with Crippen LogP contribution >= 0.6 is 11.8 Å². The number of nitrogens with one attached hydrogen (secondary N) is 2. The van der Waals surface area contributed by atoms with Crippen molar-refractivity contribution in [2.75, 3.05) is 18.5 Å². The van der Waals surface area contributed by atoms with E-state index in [1.807, 2.05) is 34.6 Å². The van der Waals surface area contributed by atoms with Crippen LogP contribution in [0.3, 0.4) is 0 Å². The van der Waals surface area contributed by atoms with E-state index >= 15 is 0 Å². The highest BCUT2D eigenvalue weighted by molar-refractivity contribution is 8.02. The topological polar surface area (TPSA) is 108 Å². The summed E-state index contributed by atoms with van der Waals surface area (Å²) in [5, 5.41) is 16.1. The zero-order chi connectivity index (χ0) is 25.5. The predicted molar refractivity (Wildman–Crippen MR) is 136 cm³/mol. The van der Waals surface area contributed by atoms with E-state index in [4.69, 9.17) is 4.74 Å². The molecule has 3 aliphatic rings. The molecule has 0 aromatic heterocycles. The van der Waals surface area contributed by atoms with Crippen LogP contribution in [-0.4, -0.2) is 68.6 Å². The minimum atomic E-state index is -0.713. The van der Waals surface area contributed by atoms with Gasteiger partial charge in [-0.25, -0.2) is 0 Å². The number of ether oxygens (including phenoxy) is 1. The van der Waals surface area contributed by atoms with Crippen molar-refractivity contribution < 1.29 is 24.2 Å². The Balaban J connectivity index is 1.65. The number of fused-ring (bicyclic) bond motifs is 1. The van der Waals surface area contributed by atoms with Gasteiger partial charge in [0.25, 0.3) is 0 Å². The SMILES string of the molecule is CCOc1ccc(NC(=O)[C@@H]2[C@@H]3CCC4(S3)C(C(=O)NC(C)(C)C)N([C@@H](CC)CO)C(=O)[C@H]24)cc1. The van der Waals surface area contributed by atoms with Crippen LogP contribution in [0.5, 0.6) is 5.75 Å². The van der Waals surface area contributed by atoms with Gasteiger partial charge in [0.05, 0.1) is 35.8 Å². The minimum absolute atomic E-state index is 0.0204. The van der Waals surface area contributed by atoms with Crippen molar-refractivity contribution in [3.8, 4) is 5.75 Å². The Morgan fingerprint density at radius 2 is 1.91 bits per heavy atom. The van der Waals surface area contributed by atoms with Crippen molar-refractivity contribution in [2.24, 2.45) is 11.8 Å². The van der Waals surface area contributed by atoms with Crippen LogP contribution in [0.15, 0.2) is 24.3 Å². The summed E-state index contributed by atoms with van der Waals surface area (Å²) < 4.78 is 4.81. The van der Waals surface area contributed by atoms with Gasteiger partial charge < -0.3 is 25.4 Å². The molecule has 2 bridgehead atoms. The molecule has 35 heavy (non-hydrogen) atoms. The first kappa shape index (κ1) is 25.8. The number of rotatable bonds is 8. The van der Waals surface area contributed by atoms with Gasteiger partial charge in [-0.3, -0.25) is 14.4 Å². The fraction of sp³-hybridized carbons (Fsp3) is 0.654. The minimum Gasteiger partial charge on any atom is -0.494 e. The molecule has 3 aliphatic heterocycles. The Labute approximate surface area is 211 Å². The first-order chi connectivity index (χ1) is 16.6. The molecule has 0 saturated carbocycles. The third-order valence-electron chi connectivity index (χ3n) is 7.30. The lowest BCUT2D eigenvalue weighted by Crippen LogP contribution is -2.59. The second kappa shape index (κ2) is 9.65. The Hall–Kier alpha value is -2.26. The summed E-state index contributed by atoms with van der Waals surface area (Å²) in [6, 6.07) is 6.01. The second-order valence-corrected chi connectivity index (χ2v) is 12.3. The Bertz CT molecular complexity index is 974. The number of aliphatic hydroxyl groups is 1. The molecule has 192 valence electrons. The quantitative estimate of drug-likeness (QED) is 0.504. The fourth-order valence-corrected chi connectivity index (χ4v) is 8.17. The van der Waals surface area contributed by atoms with Gasteiger partial charge in [-0.2, -0.15) is 0 Å². The number of carbonyl (C=O) groups is 3. The summed E-state index contributed by atoms with van der Waals surface area (Å²) in [7, 11) is 0. The maximum atomic E-state index is 13.9. The predicted octanol–water partition coefficient (Wildman–Crippen LogP) is 2.80. The molecule has 2 unspecified atom stereocenters. The molecule has 6 atom stereocenters. The summed E-state index contributed by atoms with van der Waals surface area (Å²) in [6.45, 7) is 9.89. The maximum absolute atomic E-state index is 13.9. The van der Waals surface area contributed by atoms with E-state index < -0.39 is 34.2 Å². The third-order valence-corrected chi connectivity index (χ3v) is 9.25. The highest BCUT2D eigenvalue weighted by Gasteiger charge is 2.74. The molecule has 3 saturated heterocycles. The number of nitrogens with zero attached hydrogens (tertiary/aromatic N) is 1.